The van der Waals surface area contributed by atoms with Crippen molar-refractivity contribution in [2.24, 2.45) is 0 Å². The first kappa shape index (κ1) is 22.7. The molecule has 9 nitrogen and oxygen atoms in total. The quantitative estimate of drug-likeness (QED) is 0.223. The predicted octanol–water partition coefficient (Wildman–Crippen LogP) is 4.35. The van der Waals surface area contributed by atoms with E-state index in [1.807, 2.05) is 10.6 Å². The molecule has 2 rings (SSSR count). The molecule has 29 heavy (non-hydrogen) atoms. The van der Waals surface area contributed by atoms with E-state index >= 15 is 0 Å². The highest BCUT2D eigenvalue weighted by Gasteiger charge is 2.24. The van der Waals surface area contributed by atoms with Gasteiger partial charge < -0.3 is 14.9 Å². The molecule has 0 fully saturated rings. The maximum absolute atomic E-state index is 13.7. The van der Waals surface area contributed by atoms with Crippen LogP contribution in [0.25, 0.3) is 0 Å². The second-order valence-corrected chi connectivity index (χ2v) is 7.49. The van der Waals surface area contributed by atoms with E-state index in [0.717, 1.165) is 24.3 Å². The Bertz CT molecular complexity index is 965. The molecule has 2 aromatic carbocycles. The van der Waals surface area contributed by atoms with E-state index in [2.05, 4.69) is 4.74 Å². The van der Waals surface area contributed by atoms with Crippen molar-refractivity contribution in [2.75, 3.05) is 10.6 Å². The van der Waals surface area contributed by atoms with Gasteiger partial charge in [0.2, 0.25) is 0 Å². The van der Waals surface area contributed by atoms with E-state index in [-0.39, 0.29) is 7.14 Å². The van der Waals surface area contributed by atoms with Gasteiger partial charge in [-0.3, -0.25) is 10.6 Å². The largest absolute Gasteiger partial charge is 0.465 e. The molecule has 0 saturated heterocycles. The molecule has 152 valence electrons. The van der Waals surface area contributed by atoms with Crippen LogP contribution in [0.1, 0.15) is 20.7 Å². The summed E-state index contributed by atoms with van der Waals surface area (Å²) in [6.07, 6.45) is -3.18. The maximum atomic E-state index is 13.7. The number of hydrogen-bond acceptors (Lipinski definition) is 5. The van der Waals surface area contributed by atoms with Crippen LogP contribution in [0.4, 0.5) is 29.7 Å². The molecule has 4 N–H and O–H groups in total. The summed E-state index contributed by atoms with van der Waals surface area (Å²) in [6.45, 7) is 0. The van der Waals surface area contributed by atoms with Crippen LogP contribution in [0.2, 0.25) is 0 Å². The van der Waals surface area contributed by atoms with Crippen LogP contribution >= 0.6 is 45.2 Å². The summed E-state index contributed by atoms with van der Waals surface area (Å²) in [7, 11) is 0. The fourth-order valence-corrected chi connectivity index (χ4v) is 3.00. The monoisotopic (exact) mass is 632 g/mol. The van der Waals surface area contributed by atoms with Gasteiger partial charge in [-0.15, -0.1) is 0 Å². The molecule has 0 heterocycles. The van der Waals surface area contributed by atoms with Crippen molar-refractivity contribution < 1.29 is 42.9 Å². The number of ether oxygens (including phenoxy) is 1. The minimum atomic E-state index is -1.59. The van der Waals surface area contributed by atoms with Gasteiger partial charge >= 0.3 is 24.1 Å². The summed E-state index contributed by atoms with van der Waals surface area (Å²) in [5.41, 5.74) is -1.86. The average molecular weight is 632 g/mol. The number of benzene rings is 2. The van der Waals surface area contributed by atoms with Crippen molar-refractivity contribution >= 4 is 80.7 Å². The number of carbonyl (C=O) groups is 4. The molecule has 0 unspecified atom stereocenters. The number of esters is 2. The first-order valence-electron chi connectivity index (χ1n) is 7.24. The second kappa shape index (κ2) is 9.29. The van der Waals surface area contributed by atoms with Crippen molar-refractivity contribution in [1.82, 2.24) is 0 Å². The van der Waals surface area contributed by atoms with E-state index in [1.54, 1.807) is 45.2 Å². The molecule has 0 aliphatic rings. The number of hydrogen-bond donors (Lipinski definition) is 4. The molecule has 0 saturated carbocycles. The summed E-state index contributed by atoms with van der Waals surface area (Å²) in [5, 5.41) is 21.3. The van der Waals surface area contributed by atoms with E-state index in [1.165, 1.54) is 0 Å². The van der Waals surface area contributed by atoms with Crippen LogP contribution in [0.3, 0.4) is 0 Å². The Hall–Kier alpha value is -2.56. The molecule has 0 aliphatic heterocycles. The summed E-state index contributed by atoms with van der Waals surface area (Å²) in [6, 6.07) is 3.38. The Labute approximate surface area is 187 Å². The van der Waals surface area contributed by atoms with Gasteiger partial charge in [-0.1, -0.05) is 0 Å². The highest BCUT2D eigenvalue weighted by Crippen LogP contribution is 2.26. The predicted molar refractivity (Wildman–Crippen MR) is 111 cm³/mol. The topological polar surface area (TPSA) is 142 Å². The number of carboxylic acid groups (broad SMARTS) is 2. The molecule has 2 aromatic rings. The number of halogens is 4. The summed E-state index contributed by atoms with van der Waals surface area (Å²) < 4.78 is 31.9. The highest BCUT2D eigenvalue weighted by molar-refractivity contribution is 14.1. The van der Waals surface area contributed by atoms with Gasteiger partial charge in [-0.25, -0.2) is 28.0 Å². The normalized spacial score (nSPS) is 10.2. The zero-order valence-corrected chi connectivity index (χ0v) is 18.1. The average Bonchev–Trinajstić information content (AvgIpc) is 2.59. The molecule has 0 bridgehead atoms. The van der Waals surface area contributed by atoms with Crippen molar-refractivity contribution in [1.29, 1.82) is 0 Å². The number of carbonyl (C=O) groups excluding carboxylic acids is 2. The number of anilines is 2. The Balaban J connectivity index is 2.40. The standard InChI is InChI=1S/C16H8F2I2N2O7/c17-7-3-11(21-15(25)26)5(1-9(7)19)13(23)29-14(24)6-2-10(20)8(18)4-12(6)22-16(27)28/h1-4,21-22H,(H,25,26)(H,27,28). The van der Waals surface area contributed by atoms with Crippen molar-refractivity contribution in [3.63, 3.8) is 0 Å². The lowest BCUT2D eigenvalue weighted by Gasteiger charge is -2.12. The van der Waals surface area contributed by atoms with Crippen molar-refractivity contribution in [2.45, 2.75) is 0 Å². The van der Waals surface area contributed by atoms with Crippen LogP contribution in [0, 0.1) is 18.8 Å². The van der Waals surface area contributed by atoms with Crippen LogP contribution in [0.5, 0.6) is 0 Å². The lowest BCUT2D eigenvalue weighted by molar-refractivity contribution is 0.0399. The molecule has 0 aromatic heterocycles. The zero-order chi connectivity index (χ0) is 21.9. The van der Waals surface area contributed by atoms with Gasteiger partial charge in [-0.05, 0) is 69.4 Å². The Morgan fingerprint density at radius 3 is 1.41 bits per heavy atom. The molecule has 0 spiro atoms. The smallest absolute Gasteiger partial charge is 0.409 e. The Kier molecular flexibility index (Phi) is 7.28. The van der Waals surface area contributed by atoms with E-state index in [9.17, 15) is 28.0 Å². The minimum Gasteiger partial charge on any atom is -0.465 e. The van der Waals surface area contributed by atoms with Gasteiger partial charge in [-0.2, -0.15) is 0 Å². The number of nitrogens with one attached hydrogen (secondary N) is 2. The van der Waals surface area contributed by atoms with Crippen molar-refractivity contribution in [3.05, 3.63) is 54.2 Å². The molecule has 0 radical (unpaired) electrons. The zero-order valence-electron chi connectivity index (χ0n) is 13.8. The van der Waals surface area contributed by atoms with Gasteiger partial charge in [0.25, 0.3) is 0 Å². The van der Waals surface area contributed by atoms with Crippen LogP contribution in [0.15, 0.2) is 24.3 Å². The molecule has 0 atom stereocenters. The Morgan fingerprint density at radius 2 is 1.10 bits per heavy atom. The van der Waals surface area contributed by atoms with Gasteiger partial charge in [0.05, 0.1) is 22.5 Å². The van der Waals surface area contributed by atoms with Crippen LogP contribution in [-0.2, 0) is 4.74 Å². The van der Waals surface area contributed by atoms with Gasteiger partial charge in [0.15, 0.2) is 0 Å². The van der Waals surface area contributed by atoms with E-state index < -0.39 is 58.3 Å². The number of amides is 2. The Morgan fingerprint density at radius 1 is 0.759 bits per heavy atom. The second-order valence-electron chi connectivity index (χ2n) is 5.16. The highest BCUT2D eigenvalue weighted by atomic mass is 127. The fraction of sp³-hybridized carbons (Fsp3) is 0. The first-order valence-corrected chi connectivity index (χ1v) is 9.39. The SMILES string of the molecule is O=C(O)Nc1cc(F)c(I)cc1C(=O)OC(=O)c1cc(I)c(F)cc1NC(=O)O. The van der Waals surface area contributed by atoms with Gasteiger partial charge in [0, 0.05) is 7.14 Å². The number of rotatable bonds is 4. The minimum absolute atomic E-state index is 0.0532. The summed E-state index contributed by atoms with van der Waals surface area (Å²) in [4.78, 5) is 46.4. The van der Waals surface area contributed by atoms with Crippen LogP contribution in [-0.4, -0.2) is 34.3 Å². The van der Waals surface area contributed by atoms with E-state index in [0.29, 0.717) is 0 Å². The van der Waals surface area contributed by atoms with Crippen LogP contribution < -0.4 is 10.6 Å². The third-order valence-corrected chi connectivity index (χ3v) is 4.88. The first-order chi connectivity index (χ1) is 13.5. The molecular weight excluding hydrogens is 624 g/mol. The maximum Gasteiger partial charge on any atom is 0.409 e. The van der Waals surface area contributed by atoms with Gasteiger partial charge in [0.1, 0.15) is 11.6 Å². The van der Waals surface area contributed by atoms with E-state index in [4.69, 9.17) is 10.2 Å². The third-order valence-electron chi connectivity index (χ3n) is 3.23. The lowest BCUT2D eigenvalue weighted by Crippen LogP contribution is -2.19. The summed E-state index contributed by atoms with van der Waals surface area (Å²) >= 11 is 3.09. The molecular formula is C16H8F2I2N2O7. The molecule has 13 heteroatoms. The summed E-state index contributed by atoms with van der Waals surface area (Å²) in [5.74, 6) is -4.31. The molecule has 0 aliphatic carbocycles. The fourth-order valence-electron chi connectivity index (χ4n) is 2.06. The van der Waals surface area contributed by atoms with Crippen molar-refractivity contribution in [3.8, 4) is 0 Å². The molecule has 2 amide bonds. The third kappa shape index (κ3) is 5.72. The lowest BCUT2D eigenvalue weighted by atomic mass is 10.1.